The number of rotatable bonds is 4. The minimum atomic E-state index is 0.149. The van der Waals surface area contributed by atoms with Gasteiger partial charge in [-0.05, 0) is 43.6 Å². The number of imidazole rings is 1. The molecule has 2 rings (SSSR count). The van der Waals surface area contributed by atoms with Gasteiger partial charge in [-0.15, -0.1) is 0 Å². The number of benzene rings is 1. The lowest BCUT2D eigenvalue weighted by atomic mass is 9.89. The number of aromatic nitrogens is 2. The number of para-hydroxylation sites is 2. The number of hydrogen-bond acceptors (Lipinski definition) is 1. The Labute approximate surface area is 108 Å². The molecule has 0 saturated heterocycles. The van der Waals surface area contributed by atoms with Crippen LogP contribution in [-0.4, -0.2) is 9.55 Å². The third kappa shape index (κ3) is 1.82. The van der Waals surface area contributed by atoms with Crippen LogP contribution >= 0.6 is 12.2 Å². The van der Waals surface area contributed by atoms with Gasteiger partial charge in [0, 0.05) is 5.54 Å². The van der Waals surface area contributed by atoms with Crippen molar-refractivity contribution in [3.63, 3.8) is 0 Å². The van der Waals surface area contributed by atoms with Crippen LogP contribution in [0.25, 0.3) is 11.0 Å². The van der Waals surface area contributed by atoms with Crippen molar-refractivity contribution in [2.24, 2.45) is 0 Å². The van der Waals surface area contributed by atoms with Crippen LogP contribution < -0.4 is 0 Å². The van der Waals surface area contributed by atoms with E-state index in [-0.39, 0.29) is 5.54 Å². The molecule has 0 radical (unpaired) electrons. The molecule has 0 amide bonds. The molecule has 2 nitrogen and oxygen atoms in total. The maximum atomic E-state index is 5.51. The molecule has 1 aromatic carbocycles. The number of H-pyrrole nitrogens is 1. The Balaban J connectivity index is 2.77. The Bertz CT molecular complexity index is 553. The van der Waals surface area contributed by atoms with Crippen LogP contribution in [0.15, 0.2) is 24.3 Å². The minimum Gasteiger partial charge on any atom is -0.331 e. The molecule has 0 aliphatic rings. The number of fused-ring (bicyclic) bond motifs is 1. The molecular weight excluding hydrogens is 228 g/mol. The van der Waals surface area contributed by atoms with Gasteiger partial charge in [-0.3, -0.25) is 0 Å². The quantitative estimate of drug-likeness (QED) is 0.783. The van der Waals surface area contributed by atoms with Gasteiger partial charge in [0.15, 0.2) is 4.77 Å². The lowest BCUT2D eigenvalue weighted by Gasteiger charge is -2.33. The van der Waals surface area contributed by atoms with Crippen LogP contribution in [0.5, 0.6) is 0 Å². The number of aromatic amines is 1. The van der Waals surface area contributed by atoms with Gasteiger partial charge in [0.1, 0.15) is 0 Å². The first kappa shape index (κ1) is 12.4. The van der Waals surface area contributed by atoms with Crippen molar-refractivity contribution in [1.82, 2.24) is 9.55 Å². The Kier molecular flexibility index (Phi) is 3.38. The van der Waals surface area contributed by atoms with Crippen molar-refractivity contribution in [3.8, 4) is 0 Å². The van der Waals surface area contributed by atoms with E-state index in [1.54, 1.807) is 0 Å². The average Bonchev–Trinajstić information content (AvgIpc) is 2.70. The summed E-state index contributed by atoms with van der Waals surface area (Å²) in [6.45, 7) is 6.74. The molecule has 17 heavy (non-hydrogen) atoms. The highest BCUT2D eigenvalue weighted by atomic mass is 32.1. The zero-order valence-corrected chi connectivity index (χ0v) is 11.6. The van der Waals surface area contributed by atoms with Crippen molar-refractivity contribution in [2.75, 3.05) is 0 Å². The molecule has 0 atom stereocenters. The molecule has 0 spiro atoms. The van der Waals surface area contributed by atoms with Gasteiger partial charge in [0.2, 0.25) is 0 Å². The summed E-state index contributed by atoms with van der Waals surface area (Å²) in [4.78, 5) is 3.31. The van der Waals surface area contributed by atoms with E-state index in [9.17, 15) is 0 Å². The largest absolute Gasteiger partial charge is 0.331 e. The first-order chi connectivity index (χ1) is 8.18. The van der Waals surface area contributed by atoms with Crippen LogP contribution in [-0.2, 0) is 5.54 Å². The maximum Gasteiger partial charge on any atom is 0.178 e. The Hall–Kier alpha value is -1.09. The zero-order valence-electron chi connectivity index (χ0n) is 10.8. The molecular formula is C14H20N2S. The molecule has 0 aliphatic carbocycles. The lowest BCUT2D eigenvalue weighted by molar-refractivity contribution is 0.255. The highest BCUT2D eigenvalue weighted by Gasteiger charge is 2.28. The first-order valence-corrected chi connectivity index (χ1v) is 6.79. The summed E-state index contributed by atoms with van der Waals surface area (Å²) in [5.41, 5.74) is 2.51. The lowest BCUT2D eigenvalue weighted by Crippen LogP contribution is -2.31. The summed E-state index contributed by atoms with van der Waals surface area (Å²) in [7, 11) is 0. The van der Waals surface area contributed by atoms with Crippen LogP contribution in [0.1, 0.15) is 40.0 Å². The van der Waals surface area contributed by atoms with Crippen LogP contribution in [0.4, 0.5) is 0 Å². The smallest absolute Gasteiger partial charge is 0.178 e. The van der Waals surface area contributed by atoms with E-state index in [0.717, 1.165) is 29.6 Å². The predicted molar refractivity (Wildman–Crippen MR) is 76.0 cm³/mol. The fourth-order valence-corrected chi connectivity index (χ4v) is 3.15. The predicted octanol–water partition coefficient (Wildman–Crippen LogP) is 4.62. The Morgan fingerprint density at radius 2 is 1.71 bits per heavy atom. The van der Waals surface area contributed by atoms with Gasteiger partial charge >= 0.3 is 0 Å². The molecule has 1 N–H and O–H groups in total. The topological polar surface area (TPSA) is 20.7 Å². The van der Waals surface area contributed by atoms with Gasteiger partial charge in [-0.2, -0.15) is 0 Å². The van der Waals surface area contributed by atoms with E-state index in [4.69, 9.17) is 12.2 Å². The normalized spacial score (nSPS) is 12.2. The second-order valence-corrected chi connectivity index (χ2v) is 4.95. The summed E-state index contributed by atoms with van der Waals surface area (Å²) >= 11 is 5.51. The molecule has 0 aliphatic heterocycles. The molecule has 0 fully saturated rings. The first-order valence-electron chi connectivity index (χ1n) is 6.38. The monoisotopic (exact) mass is 248 g/mol. The van der Waals surface area contributed by atoms with E-state index in [1.807, 2.05) is 6.07 Å². The van der Waals surface area contributed by atoms with Gasteiger partial charge in [0.25, 0.3) is 0 Å². The summed E-state index contributed by atoms with van der Waals surface area (Å²) in [6.07, 6.45) is 3.32. The second-order valence-electron chi connectivity index (χ2n) is 4.57. The fraction of sp³-hybridized carbons (Fsp3) is 0.500. The van der Waals surface area contributed by atoms with E-state index < -0.39 is 0 Å². The number of hydrogen-bond donors (Lipinski definition) is 1. The van der Waals surface area contributed by atoms with Gasteiger partial charge in [-0.25, -0.2) is 0 Å². The third-order valence-corrected chi connectivity index (χ3v) is 4.32. The summed E-state index contributed by atoms with van der Waals surface area (Å²) < 4.78 is 3.16. The van der Waals surface area contributed by atoms with Gasteiger partial charge in [-0.1, -0.05) is 32.9 Å². The number of nitrogens with zero attached hydrogens (tertiary/aromatic N) is 1. The van der Waals surface area contributed by atoms with Crippen LogP contribution in [0, 0.1) is 4.77 Å². The molecule has 3 heteroatoms. The molecule has 0 unspecified atom stereocenters. The van der Waals surface area contributed by atoms with Crippen LogP contribution in [0.3, 0.4) is 0 Å². The highest BCUT2D eigenvalue weighted by molar-refractivity contribution is 7.71. The van der Waals surface area contributed by atoms with Crippen LogP contribution in [0.2, 0.25) is 0 Å². The van der Waals surface area contributed by atoms with Crippen molar-refractivity contribution >= 4 is 23.3 Å². The second kappa shape index (κ2) is 4.65. The van der Waals surface area contributed by atoms with Crippen molar-refractivity contribution in [2.45, 2.75) is 45.6 Å². The molecule has 0 saturated carbocycles. The summed E-state index contributed by atoms with van der Waals surface area (Å²) in [6, 6.07) is 8.36. The van der Waals surface area contributed by atoms with Gasteiger partial charge < -0.3 is 9.55 Å². The third-order valence-electron chi connectivity index (χ3n) is 4.04. The van der Waals surface area contributed by atoms with Gasteiger partial charge in [0.05, 0.1) is 11.0 Å². The Morgan fingerprint density at radius 1 is 1.12 bits per heavy atom. The molecule has 0 bridgehead atoms. The van der Waals surface area contributed by atoms with Crippen molar-refractivity contribution in [1.29, 1.82) is 0 Å². The van der Waals surface area contributed by atoms with E-state index >= 15 is 0 Å². The minimum absolute atomic E-state index is 0.149. The average molecular weight is 248 g/mol. The molecule has 2 aromatic rings. The standard InChI is InChI=1S/C14H20N2S/c1-4-14(5-2,6-3)16-12-10-8-7-9-11(12)15-13(16)17/h7-10H,4-6H2,1-3H3,(H,15,17). The molecule has 92 valence electrons. The maximum absolute atomic E-state index is 5.51. The van der Waals surface area contributed by atoms with Crippen molar-refractivity contribution < 1.29 is 0 Å². The van der Waals surface area contributed by atoms with E-state index in [1.165, 1.54) is 5.52 Å². The zero-order chi connectivity index (χ0) is 12.5. The highest BCUT2D eigenvalue weighted by Crippen LogP contribution is 2.32. The molecule has 1 aromatic heterocycles. The van der Waals surface area contributed by atoms with E-state index in [0.29, 0.717) is 0 Å². The summed E-state index contributed by atoms with van der Waals surface area (Å²) in [5.74, 6) is 0. The van der Waals surface area contributed by atoms with E-state index in [2.05, 4.69) is 48.5 Å². The Morgan fingerprint density at radius 3 is 2.29 bits per heavy atom. The van der Waals surface area contributed by atoms with Crippen molar-refractivity contribution in [3.05, 3.63) is 29.0 Å². The fourth-order valence-electron chi connectivity index (χ4n) is 2.75. The SMILES string of the molecule is CCC(CC)(CC)n1c(=S)[nH]c2ccccc21. The molecule has 1 heterocycles. The number of nitrogens with one attached hydrogen (secondary N) is 1. The summed E-state index contributed by atoms with van der Waals surface area (Å²) in [5, 5.41) is 0.